The van der Waals surface area contributed by atoms with Crippen molar-refractivity contribution < 1.29 is 18.7 Å². The molecule has 0 fully saturated rings. The third-order valence-electron chi connectivity index (χ3n) is 6.85. The molecule has 168 valence electrons. The van der Waals surface area contributed by atoms with Crippen molar-refractivity contribution in [2.45, 2.75) is 64.5 Å². The van der Waals surface area contributed by atoms with E-state index in [1.165, 1.54) is 7.11 Å². The Labute approximate surface area is 179 Å². The number of hydrogen-bond donors (Lipinski definition) is 0. The first-order chi connectivity index (χ1) is 13.8. The average Bonchev–Trinajstić information content (AvgIpc) is 2.97. The maximum Gasteiger partial charge on any atom is 0.278 e. The van der Waals surface area contributed by atoms with Crippen LogP contribution in [0.4, 0.5) is 0 Å². The number of likely N-dealkylation sites (N-methyl/N-ethyl adjacent to an activating group) is 1. The summed E-state index contributed by atoms with van der Waals surface area (Å²) in [7, 11) is 0.930. The number of aromatic nitrogens is 1. The smallest absolute Gasteiger partial charge is 0.278 e. The van der Waals surface area contributed by atoms with Crippen LogP contribution in [-0.4, -0.2) is 63.4 Å². The third kappa shape index (κ3) is 3.18. The van der Waals surface area contributed by atoms with Gasteiger partial charge in [-0.25, -0.2) is 4.68 Å². The van der Waals surface area contributed by atoms with E-state index in [9.17, 15) is 9.59 Å². The van der Waals surface area contributed by atoms with E-state index in [0.717, 1.165) is 0 Å². The Balaban J connectivity index is 2.24. The number of methoxy groups -OCH3 is 2. The molecule has 0 spiro atoms. The predicted molar refractivity (Wildman–Crippen MR) is 118 cm³/mol. The standard InChI is InChI=1S/C21H35N3O5Si/c1-10-22-19(26)17-18(28-7)15(25)11-14-16(29-30(8,9)20(2,3)4)12-23(24(14)17)21(22,5)13-27-6/h11,16H,10,12-13H2,1-9H3. The summed E-state index contributed by atoms with van der Waals surface area (Å²) < 4.78 is 19.5. The number of ether oxygens (including phenoxy) is 2. The highest BCUT2D eigenvalue weighted by Gasteiger charge is 2.53. The van der Waals surface area contributed by atoms with E-state index >= 15 is 0 Å². The predicted octanol–water partition coefficient (Wildman–Crippen LogP) is 2.71. The minimum atomic E-state index is -2.13. The molecule has 0 bridgehead atoms. The molecule has 30 heavy (non-hydrogen) atoms. The van der Waals surface area contributed by atoms with E-state index < -0.39 is 14.0 Å². The van der Waals surface area contributed by atoms with Crippen LogP contribution >= 0.6 is 0 Å². The maximum absolute atomic E-state index is 13.5. The topological polar surface area (TPSA) is 73.2 Å². The molecule has 0 aromatic carbocycles. The Kier molecular flexibility index (Phi) is 5.62. The Morgan fingerprint density at radius 2 is 1.87 bits per heavy atom. The summed E-state index contributed by atoms with van der Waals surface area (Å²) in [6.45, 7) is 16.2. The van der Waals surface area contributed by atoms with E-state index in [4.69, 9.17) is 13.9 Å². The summed E-state index contributed by atoms with van der Waals surface area (Å²) in [5.74, 6) is -0.170. The molecule has 0 aliphatic carbocycles. The average molecular weight is 438 g/mol. The lowest BCUT2D eigenvalue weighted by Crippen LogP contribution is -2.70. The second-order valence-electron chi connectivity index (χ2n) is 9.78. The van der Waals surface area contributed by atoms with Crippen molar-refractivity contribution in [2.75, 3.05) is 38.9 Å². The van der Waals surface area contributed by atoms with Gasteiger partial charge in [0.15, 0.2) is 25.4 Å². The van der Waals surface area contributed by atoms with Crippen LogP contribution in [0.5, 0.6) is 5.75 Å². The van der Waals surface area contributed by atoms with Crippen LogP contribution in [0.25, 0.3) is 0 Å². The Bertz CT molecular complexity index is 907. The summed E-state index contributed by atoms with van der Waals surface area (Å²) in [6, 6.07) is 1.56. The zero-order valence-electron chi connectivity index (χ0n) is 19.7. The molecule has 0 saturated carbocycles. The van der Waals surface area contributed by atoms with Crippen molar-refractivity contribution in [1.82, 2.24) is 9.58 Å². The molecule has 2 unspecified atom stereocenters. The monoisotopic (exact) mass is 437 g/mol. The first-order valence-electron chi connectivity index (χ1n) is 10.4. The molecule has 0 saturated heterocycles. The highest BCUT2D eigenvalue weighted by Crippen LogP contribution is 2.44. The number of carbonyl (C=O) groups excluding carboxylic acids is 1. The molecular weight excluding hydrogens is 402 g/mol. The van der Waals surface area contributed by atoms with Crippen LogP contribution < -0.4 is 15.2 Å². The lowest BCUT2D eigenvalue weighted by Gasteiger charge is -2.51. The van der Waals surface area contributed by atoms with Crippen molar-refractivity contribution in [3.63, 3.8) is 0 Å². The quantitative estimate of drug-likeness (QED) is 0.637. The van der Waals surface area contributed by atoms with Gasteiger partial charge in [0, 0.05) is 19.7 Å². The first kappa shape index (κ1) is 22.8. The van der Waals surface area contributed by atoms with E-state index in [-0.39, 0.29) is 33.9 Å². The van der Waals surface area contributed by atoms with Crippen molar-refractivity contribution in [2.24, 2.45) is 0 Å². The van der Waals surface area contributed by atoms with E-state index in [1.54, 1.807) is 18.1 Å². The highest BCUT2D eigenvalue weighted by molar-refractivity contribution is 6.74. The Hall–Kier alpha value is -1.84. The van der Waals surface area contributed by atoms with Gasteiger partial charge >= 0.3 is 0 Å². The molecule has 3 heterocycles. The maximum atomic E-state index is 13.5. The minimum Gasteiger partial charge on any atom is -0.491 e. The SMILES string of the molecule is CCN1C(=O)c2c(OC)c(=O)cc3n2N(CC3O[Si](C)(C)C(C)(C)C)C1(C)COC. The number of carbonyl (C=O) groups is 1. The normalized spacial score (nSPS) is 23.8. The lowest BCUT2D eigenvalue weighted by atomic mass is 10.1. The largest absolute Gasteiger partial charge is 0.491 e. The lowest BCUT2D eigenvalue weighted by molar-refractivity contribution is -0.000917. The number of rotatable bonds is 6. The summed E-state index contributed by atoms with van der Waals surface area (Å²) in [5, 5.41) is 2.11. The zero-order valence-corrected chi connectivity index (χ0v) is 20.7. The van der Waals surface area contributed by atoms with Gasteiger partial charge in [0.25, 0.3) is 5.91 Å². The molecule has 2 aliphatic heterocycles. The van der Waals surface area contributed by atoms with Gasteiger partial charge in [0.1, 0.15) is 6.10 Å². The molecule has 2 aliphatic rings. The van der Waals surface area contributed by atoms with E-state index in [0.29, 0.717) is 25.4 Å². The molecule has 1 amide bonds. The third-order valence-corrected chi connectivity index (χ3v) is 11.3. The van der Waals surface area contributed by atoms with Crippen LogP contribution in [-0.2, 0) is 9.16 Å². The van der Waals surface area contributed by atoms with Gasteiger partial charge < -0.3 is 18.8 Å². The van der Waals surface area contributed by atoms with Crippen molar-refractivity contribution in [1.29, 1.82) is 0 Å². The molecule has 1 aromatic rings. The molecular formula is C21H35N3O5Si. The Morgan fingerprint density at radius 1 is 1.23 bits per heavy atom. The molecule has 0 radical (unpaired) electrons. The summed E-state index contributed by atoms with van der Waals surface area (Å²) >= 11 is 0. The first-order valence-corrected chi connectivity index (χ1v) is 13.4. The molecule has 2 atom stereocenters. The van der Waals surface area contributed by atoms with Crippen LogP contribution in [0.1, 0.15) is 56.9 Å². The van der Waals surface area contributed by atoms with Crippen LogP contribution in [0, 0.1) is 0 Å². The van der Waals surface area contributed by atoms with E-state index in [2.05, 4.69) is 38.9 Å². The van der Waals surface area contributed by atoms with Gasteiger partial charge in [-0.2, -0.15) is 0 Å². The number of nitrogens with zero attached hydrogens (tertiary/aromatic N) is 3. The molecule has 3 rings (SSSR count). The molecule has 1 aromatic heterocycles. The summed E-state index contributed by atoms with van der Waals surface area (Å²) in [4.78, 5) is 28.1. The van der Waals surface area contributed by atoms with Crippen molar-refractivity contribution in [3.05, 3.63) is 27.7 Å². The summed E-state index contributed by atoms with van der Waals surface area (Å²) in [5.41, 5.74) is -0.0542. The van der Waals surface area contributed by atoms with Crippen molar-refractivity contribution in [3.8, 4) is 5.75 Å². The highest BCUT2D eigenvalue weighted by atomic mass is 28.4. The van der Waals surface area contributed by atoms with Gasteiger partial charge in [0.05, 0.1) is 26.0 Å². The van der Waals surface area contributed by atoms with Gasteiger partial charge in [-0.15, -0.1) is 0 Å². The van der Waals surface area contributed by atoms with Crippen LogP contribution in [0.15, 0.2) is 10.9 Å². The zero-order chi connectivity index (χ0) is 22.6. The molecule has 8 nitrogen and oxygen atoms in total. The van der Waals surface area contributed by atoms with Crippen LogP contribution in [0.2, 0.25) is 18.1 Å². The van der Waals surface area contributed by atoms with Crippen LogP contribution in [0.3, 0.4) is 0 Å². The number of amides is 1. The fourth-order valence-electron chi connectivity index (χ4n) is 4.25. The van der Waals surface area contributed by atoms with Gasteiger partial charge in [-0.1, -0.05) is 20.8 Å². The number of hydrogen-bond acceptors (Lipinski definition) is 6. The van der Waals surface area contributed by atoms with Gasteiger partial charge in [-0.05, 0) is 32.0 Å². The number of pyridine rings is 1. The van der Waals surface area contributed by atoms with E-state index in [1.807, 2.05) is 18.5 Å². The second kappa shape index (κ2) is 7.39. The molecule has 9 heteroatoms. The summed E-state index contributed by atoms with van der Waals surface area (Å²) in [6.07, 6.45) is -0.316. The Morgan fingerprint density at radius 3 is 2.37 bits per heavy atom. The van der Waals surface area contributed by atoms with Gasteiger partial charge in [-0.3, -0.25) is 14.6 Å². The van der Waals surface area contributed by atoms with Gasteiger partial charge in [0.2, 0.25) is 5.43 Å². The minimum absolute atomic E-state index is 0.0160. The fourth-order valence-corrected chi connectivity index (χ4v) is 5.51. The fraction of sp³-hybridized carbons (Fsp3) is 0.714. The van der Waals surface area contributed by atoms with Crippen molar-refractivity contribution >= 4 is 14.2 Å². The second-order valence-corrected chi connectivity index (χ2v) is 14.5. The molecule has 0 N–H and O–H groups in total.